The fourth-order valence-corrected chi connectivity index (χ4v) is 9.12. The summed E-state index contributed by atoms with van der Waals surface area (Å²) in [6.07, 6.45) is 7.02. The molecule has 5 aliphatic rings. The van der Waals surface area contributed by atoms with Gasteiger partial charge in [0.1, 0.15) is 11.4 Å². The van der Waals surface area contributed by atoms with Gasteiger partial charge in [-0.05, 0) is 43.5 Å². The van der Waals surface area contributed by atoms with Gasteiger partial charge in [0.05, 0.1) is 16.0 Å². The SMILES string of the molecule is Cc1ccc(S(=O)(=O)n2cc3c4c2C(=O)C2=N[C@@H]5C[C@]6(C=CC(=O)C[C@@H]6S5)C2=C4NCC3)cc1. The van der Waals surface area contributed by atoms with Gasteiger partial charge in [0, 0.05) is 41.0 Å². The molecule has 1 N–H and O–H groups in total. The molecule has 2 bridgehead atoms. The van der Waals surface area contributed by atoms with Crippen LogP contribution in [0.4, 0.5) is 0 Å². The Balaban J connectivity index is 1.50. The number of fused-ring (bicyclic) bond motifs is 2. The van der Waals surface area contributed by atoms with Gasteiger partial charge in [-0.1, -0.05) is 23.8 Å². The summed E-state index contributed by atoms with van der Waals surface area (Å²) in [7, 11) is -3.97. The number of carbonyl (C=O) groups is 2. The van der Waals surface area contributed by atoms with Crippen molar-refractivity contribution in [1.29, 1.82) is 0 Å². The van der Waals surface area contributed by atoms with Gasteiger partial charge in [-0.25, -0.2) is 12.4 Å². The van der Waals surface area contributed by atoms with Crippen LogP contribution >= 0.6 is 11.8 Å². The van der Waals surface area contributed by atoms with Gasteiger partial charge in [-0.2, -0.15) is 0 Å². The first-order valence-electron chi connectivity index (χ1n) is 11.4. The Bertz CT molecular complexity index is 1530. The fourth-order valence-electron chi connectivity index (χ4n) is 6.02. The number of nitrogens with zero attached hydrogens (tertiary/aromatic N) is 2. The van der Waals surface area contributed by atoms with E-state index in [0.29, 0.717) is 30.7 Å². The van der Waals surface area contributed by atoms with Crippen LogP contribution in [0.5, 0.6) is 0 Å². The van der Waals surface area contributed by atoms with E-state index < -0.39 is 15.4 Å². The van der Waals surface area contributed by atoms with Gasteiger partial charge in [0.25, 0.3) is 10.0 Å². The molecule has 1 saturated heterocycles. The van der Waals surface area contributed by atoms with Crippen molar-refractivity contribution < 1.29 is 18.0 Å². The third-order valence-corrected chi connectivity index (χ3v) is 10.8. The molecule has 34 heavy (non-hydrogen) atoms. The number of thioether (sulfide) groups is 1. The predicted molar refractivity (Wildman–Crippen MR) is 130 cm³/mol. The van der Waals surface area contributed by atoms with E-state index in [9.17, 15) is 18.0 Å². The molecular formula is C25H21N3O4S2. The highest BCUT2D eigenvalue weighted by Crippen LogP contribution is 2.61. The lowest BCUT2D eigenvalue weighted by Crippen LogP contribution is -2.45. The van der Waals surface area contributed by atoms with Crippen molar-refractivity contribution in [2.45, 2.75) is 41.7 Å². The lowest BCUT2D eigenvalue weighted by molar-refractivity contribution is -0.115. The molecule has 172 valence electrons. The van der Waals surface area contributed by atoms with Crippen molar-refractivity contribution in [3.8, 4) is 0 Å². The average Bonchev–Trinajstić information content (AvgIpc) is 3.34. The van der Waals surface area contributed by atoms with Crippen molar-refractivity contribution in [2.75, 3.05) is 6.54 Å². The maximum atomic E-state index is 14.0. The Morgan fingerprint density at radius 1 is 1.21 bits per heavy atom. The molecule has 0 amide bonds. The van der Waals surface area contributed by atoms with Crippen LogP contribution in [0.25, 0.3) is 5.70 Å². The highest BCUT2D eigenvalue weighted by Gasteiger charge is 2.58. The first kappa shape index (κ1) is 20.5. The van der Waals surface area contributed by atoms with E-state index >= 15 is 0 Å². The number of hydrogen-bond donors (Lipinski definition) is 1. The average molecular weight is 492 g/mol. The summed E-state index contributed by atoms with van der Waals surface area (Å²) in [5, 5.41) is 3.39. The molecule has 7 rings (SSSR count). The van der Waals surface area contributed by atoms with Crippen molar-refractivity contribution in [3.63, 3.8) is 0 Å². The summed E-state index contributed by atoms with van der Waals surface area (Å²) in [4.78, 5) is 31.1. The van der Waals surface area contributed by atoms with Crippen LogP contribution in [0.15, 0.2) is 58.1 Å². The number of ketones is 2. The minimum atomic E-state index is -3.97. The Labute approximate surface area is 201 Å². The number of nitrogens with one attached hydrogen (secondary N) is 1. The minimum Gasteiger partial charge on any atom is -0.384 e. The Hall–Kier alpha value is -2.91. The van der Waals surface area contributed by atoms with E-state index in [1.807, 2.05) is 13.0 Å². The molecular weight excluding hydrogens is 470 g/mol. The third kappa shape index (κ3) is 2.49. The zero-order valence-electron chi connectivity index (χ0n) is 18.4. The highest BCUT2D eigenvalue weighted by atomic mass is 32.2. The van der Waals surface area contributed by atoms with E-state index in [0.717, 1.165) is 32.8 Å². The minimum absolute atomic E-state index is 0.0265. The van der Waals surface area contributed by atoms with E-state index in [2.05, 4.69) is 5.32 Å². The Morgan fingerprint density at radius 3 is 2.79 bits per heavy atom. The molecule has 3 aliphatic heterocycles. The van der Waals surface area contributed by atoms with Gasteiger partial charge in [-0.15, -0.1) is 11.8 Å². The number of benzene rings is 1. The Morgan fingerprint density at radius 2 is 2.00 bits per heavy atom. The number of hydrogen-bond acceptors (Lipinski definition) is 7. The van der Waals surface area contributed by atoms with E-state index in [1.54, 1.807) is 48.3 Å². The summed E-state index contributed by atoms with van der Waals surface area (Å²) < 4.78 is 28.5. The van der Waals surface area contributed by atoms with Crippen molar-refractivity contribution in [2.24, 2.45) is 10.4 Å². The number of allylic oxidation sites excluding steroid dienone is 3. The molecule has 0 unspecified atom stereocenters. The van der Waals surface area contributed by atoms with Gasteiger partial charge < -0.3 is 5.32 Å². The quantitative estimate of drug-likeness (QED) is 0.694. The Kier molecular flexibility index (Phi) is 3.98. The molecule has 0 radical (unpaired) electrons. The molecule has 9 heteroatoms. The number of carbonyl (C=O) groups excluding carboxylic acids is 2. The standard InChI is InChI=1S/C25H21N3O4S2/c1-13-2-4-16(5-3-13)34(31,32)28-12-14-7-9-26-21-19(14)23(28)24(30)22-20(21)25-8-6-15(29)10-17(25)33-18(11-25)27-22/h2-6,8,12,17-18,26H,7,9-11H2,1H3/t17-,18-,25-/m0/s1. The van der Waals surface area contributed by atoms with Gasteiger partial charge in [0.15, 0.2) is 5.78 Å². The molecule has 7 nitrogen and oxygen atoms in total. The number of aryl methyl sites for hydroxylation is 1. The van der Waals surface area contributed by atoms with Crippen LogP contribution in [-0.2, 0) is 21.2 Å². The van der Waals surface area contributed by atoms with E-state index in [4.69, 9.17) is 4.99 Å². The van der Waals surface area contributed by atoms with E-state index in [-0.39, 0.29) is 32.8 Å². The summed E-state index contributed by atoms with van der Waals surface area (Å²) in [5.41, 5.74) is 4.18. The number of aromatic nitrogens is 1. The number of aliphatic imine (C=N–C) groups is 1. The topological polar surface area (TPSA) is 97.6 Å². The molecule has 2 aromatic rings. The van der Waals surface area contributed by atoms with E-state index in [1.165, 1.54) is 0 Å². The van der Waals surface area contributed by atoms with Crippen LogP contribution in [0.3, 0.4) is 0 Å². The smallest absolute Gasteiger partial charge is 0.268 e. The van der Waals surface area contributed by atoms with Gasteiger partial charge in [0.2, 0.25) is 5.78 Å². The van der Waals surface area contributed by atoms with Gasteiger partial charge in [-0.3, -0.25) is 14.6 Å². The van der Waals surface area contributed by atoms with Crippen LogP contribution in [0.2, 0.25) is 0 Å². The lowest BCUT2D eigenvalue weighted by atomic mass is 9.64. The number of Topliss-reactive ketones (excluding diaryl/α,β-unsaturated/α-hetero) is 1. The van der Waals surface area contributed by atoms with Crippen LogP contribution < -0.4 is 5.32 Å². The molecule has 2 aliphatic carbocycles. The molecule has 1 spiro atoms. The van der Waals surface area contributed by atoms with Crippen LogP contribution in [-0.4, -0.2) is 46.8 Å². The number of rotatable bonds is 2. The van der Waals surface area contributed by atoms with Crippen LogP contribution in [0.1, 0.15) is 40.0 Å². The second-order valence-corrected chi connectivity index (χ2v) is 12.8. The molecule has 0 saturated carbocycles. The summed E-state index contributed by atoms with van der Waals surface area (Å²) in [6, 6.07) is 6.66. The normalized spacial score (nSPS) is 28.8. The second kappa shape index (κ2) is 6.60. The zero-order valence-corrected chi connectivity index (χ0v) is 20.0. The lowest BCUT2D eigenvalue weighted by Gasteiger charge is -2.41. The molecule has 1 aromatic carbocycles. The first-order valence-corrected chi connectivity index (χ1v) is 13.7. The highest BCUT2D eigenvalue weighted by molar-refractivity contribution is 8.00. The van der Waals surface area contributed by atoms with Gasteiger partial charge >= 0.3 is 0 Å². The maximum absolute atomic E-state index is 14.0. The molecule has 1 aromatic heterocycles. The van der Waals surface area contributed by atoms with Crippen molar-refractivity contribution in [3.05, 3.63) is 70.6 Å². The monoisotopic (exact) mass is 491 g/mol. The summed E-state index contributed by atoms with van der Waals surface area (Å²) in [6.45, 7) is 2.54. The van der Waals surface area contributed by atoms with Crippen molar-refractivity contribution >= 4 is 44.8 Å². The maximum Gasteiger partial charge on any atom is 0.268 e. The summed E-state index contributed by atoms with van der Waals surface area (Å²) >= 11 is 1.65. The first-order chi connectivity index (χ1) is 16.3. The zero-order chi connectivity index (χ0) is 23.4. The molecule has 1 fully saturated rings. The largest absolute Gasteiger partial charge is 0.384 e. The predicted octanol–water partition coefficient (Wildman–Crippen LogP) is 2.89. The fraction of sp³-hybridized carbons (Fsp3) is 0.320. The molecule has 4 heterocycles. The third-order valence-electron chi connectivity index (χ3n) is 7.59. The van der Waals surface area contributed by atoms with Crippen molar-refractivity contribution in [1.82, 2.24) is 9.29 Å². The summed E-state index contributed by atoms with van der Waals surface area (Å²) in [5.74, 6) is -0.256. The second-order valence-electron chi connectivity index (χ2n) is 9.55. The van der Waals surface area contributed by atoms with Crippen LogP contribution in [0, 0.1) is 12.3 Å². The molecule has 3 atom stereocenters.